The number of anilines is 1. The second kappa shape index (κ2) is 6.26. The minimum Gasteiger partial charge on any atom is -0.385 e. The molecule has 1 fully saturated rings. The molecule has 0 bridgehead atoms. The van der Waals surface area contributed by atoms with Crippen molar-refractivity contribution in [3.05, 3.63) is 28.8 Å². The van der Waals surface area contributed by atoms with Crippen molar-refractivity contribution in [1.29, 1.82) is 0 Å². The topological polar surface area (TPSA) is 50.4 Å². The van der Waals surface area contributed by atoms with Crippen LogP contribution in [0.25, 0.3) is 0 Å². The lowest BCUT2D eigenvalue weighted by atomic mass is 9.89. The number of halogens is 1. The van der Waals surface area contributed by atoms with Crippen LogP contribution >= 0.6 is 11.6 Å². The standard InChI is InChI=1S/C14H19ClN2O2/c1-3-16-13-5-4-9(15)6-12(13)14(18)17-10-7-11(8-10)19-2/h4-6,10-11,16H,3,7-8H2,1-2H3,(H,17,18). The van der Waals surface area contributed by atoms with E-state index in [1.165, 1.54) is 0 Å². The molecule has 1 aromatic rings. The van der Waals surface area contributed by atoms with E-state index in [1.54, 1.807) is 19.2 Å². The minimum absolute atomic E-state index is 0.0852. The summed E-state index contributed by atoms with van der Waals surface area (Å²) in [6.07, 6.45) is 2.02. The van der Waals surface area contributed by atoms with E-state index in [2.05, 4.69) is 10.6 Å². The summed E-state index contributed by atoms with van der Waals surface area (Å²) in [6, 6.07) is 5.51. The molecule has 1 saturated carbocycles. The van der Waals surface area contributed by atoms with Crippen molar-refractivity contribution in [2.45, 2.75) is 31.9 Å². The predicted octanol–water partition coefficient (Wildman–Crippen LogP) is 2.68. The Morgan fingerprint density at radius 3 is 2.84 bits per heavy atom. The number of carbonyl (C=O) groups is 1. The average molecular weight is 283 g/mol. The van der Waals surface area contributed by atoms with Gasteiger partial charge >= 0.3 is 0 Å². The zero-order chi connectivity index (χ0) is 13.8. The van der Waals surface area contributed by atoms with Crippen LogP contribution in [-0.4, -0.2) is 31.7 Å². The summed E-state index contributed by atoms with van der Waals surface area (Å²) in [4.78, 5) is 12.2. The number of rotatable bonds is 5. The normalized spacial score (nSPS) is 21.6. The highest BCUT2D eigenvalue weighted by molar-refractivity contribution is 6.31. The van der Waals surface area contributed by atoms with Gasteiger partial charge in [0.25, 0.3) is 5.91 Å². The number of hydrogen-bond donors (Lipinski definition) is 2. The molecular formula is C14H19ClN2O2. The largest absolute Gasteiger partial charge is 0.385 e. The molecule has 2 rings (SSSR count). The van der Waals surface area contributed by atoms with E-state index in [0.29, 0.717) is 10.6 Å². The second-order valence-electron chi connectivity index (χ2n) is 4.72. The Bertz CT molecular complexity index is 459. The molecular weight excluding hydrogens is 264 g/mol. The van der Waals surface area contributed by atoms with Crippen molar-refractivity contribution in [3.63, 3.8) is 0 Å². The SMILES string of the molecule is CCNc1ccc(Cl)cc1C(=O)NC1CC(OC)C1. The molecule has 0 heterocycles. The number of hydrogen-bond acceptors (Lipinski definition) is 3. The number of ether oxygens (including phenoxy) is 1. The smallest absolute Gasteiger partial charge is 0.253 e. The highest BCUT2D eigenvalue weighted by atomic mass is 35.5. The second-order valence-corrected chi connectivity index (χ2v) is 5.16. The molecule has 0 unspecified atom stereocenters. The summed E-state index contributed by atoms with van der Waals surface area (Å²) < 4.78 is 5.20. The van der Waals surface area contributed by atoms with Crippen LogP contribution in [-0.2, 0) is 4.74 Å². The maximum atomic E-state index is 12.2. The Hall–Kier alpha value is -1.26. The van der Waals surface area contributed by atoms with E-state index in [0.717, 1.165) is 25.1 Å². The van der Waals surface area contributed by atoms with Crippen LogP contribution in [0.5, 0.6) is 0 Å². The zero-order valence-corrected chi connectivity index (χ0v) is 12.0. The zero-order valence-electron chi connectivity index (χ0n) is 11.2. The van der Waals surface area contributed by atoms with Gasteiger partial charge in [-0.1, -0.05) is 11.6 Å². The molecule has 1 aliphatic carbocycles. The van der Waals surface area contributed by atoms with Gasteiger partial charge in [0.2, 0.25) is 0 Å². The number of carbonyl (C=O) groups excluding carboxylic acids is 1. The highest BCUT2D eigenvalue weighted by Crippen LogP contribution is 2.25. The van der Waals surface area contributed by atoms with Crippen molar-refractivity contribution in [2.24, 2.45) is 0 Å². The van der Waals surface area contributed by atoms with Gasteiger partial charge in [-0.2, -0.15) is 0 Å². The van der Waals surface area contributed by atoms with Crippen LogP contribution in [0.4, 0.5) is 5.69 Å². The van der Waals surface area contributed by atoms with E-state index in [-0.39, 0.29) is 18.1 Å². The van der Waals surface area contributed by atoms with E-state index in [1.807, 2.05) is 13.0 Å². The van der Waals surface area contributed by atoms with Crippen molar-refractivity contribution >= 4 is 23.2 Å². The Balaban J connectivity index is 2.03. The summed E-state index contributed by atoms with van der Waals surface area (Å²) in [5.74, 6) is -0.0852. The molecule has 0 atom stereocenters. The molecule has 1 aliphatic rings. The van der Waals surface area contributed by atoms with E-state index < -0.39 is 0 Å². The molecule has 0 saturated heterocycles. The van der Waals surface area contributed by atoms with Gasteiger partial charge in [0.05, 0.1) is 11.7 Å². The van der Waals surface area contributed by atoms with Crippen LogP contribution < -0.4 is 10.6 Å². The molecule has 0 radical (unpaired) electrons. The van der Waals surface area contributed by atoms with Crippen molar-refractivity contribution in [2.75, 3.05) is 19.0 Å². The summed E-state index contributed by atoms with van der Waals surface area (Å²) in [5, 5.41) is 6.74. The number of methoxy groups -OCH3 is 1. The Morgan fingerprint density at radius 1 is 1.47 bits per heavy atom. The molecule has 4 nitrogen and oxygen atoms in total. The van der Waals surface area contributed by atoms with Gasteiger partial charge < -0.3 is 15.4 Å². The van der Waals surface area contributed by atoms with Gasteiger partial charge in [0.15, 0.2) is 0 Å². The molecule has 19 heavy (non-hydrogen) atoms. The Morgan fingerprint density at radius 2 is 2.21 bits per heavy atom. The fourth-order valence-electron chi connectivity index (χ4n) is 2.19. The number of nitrogens with one attached hydrogen (secondary N) is 2. The first kappa shape index (κ1) is 14.2. The third-order valence-corrected chi connectivity index (χ3v) is 3.59. The molecule has 1 amide bonds. The fourth-order valence-corrected chi connectivity index (χ4v) is 2.36. The van der Waals surface area contributed by atoms with Crippen LogP contribution in [0, 0.1) is 0 Å². The molecule has 104 valence electrons. The van der Waals surface area contributed by atoms with Crippen molar-refractivity contribution in [1.82, 2.24) is 5.32 Å². The summed E-state index contributed by atoms with van der Waals surface area (Å²) in [7, 11) is 1.70. The van der Waals surface area contributed by atoms with E-state index in [9.17, 15) is 4.79 Å². The van der Waals surface area contributed by atoms with E-state index >= 15 is 0 Å². The third kappa shape index (κ3) is 3.39. The van der Waals surface area contributed by atoms with Gasteiger partial charge in [-0.25, -0.2) is 0 Å². The number of benzene rings is 1. The van der Waals surface area contributed by atoms with E-state index in [4.69, 9.17) is 16.3 Å². The van der Waals surface area contributed by atoms with Gasteiger partial charge in [-0.3, -0.25) is 4.79 Å². The van der Waals surface area contributed by atoms with Gasteiger partial charge in [0.1, 0.15) is 0 Å². The first-order chi connectivity index (χ1) is 9.13. The van der Waals surface area contributed by atoms with Crippen LogP contribution in [0.1, 0.15) is 30.1 Å². The quantitative estimate of drug-likeness (QED) is 0.873. The first-order valence-electron chi connectivity index (χ1n) is 6.51. The van der Waals surface area contributed by atoms with Gasteiger partial charge in [0, 0.05) is 30.4 Å². The highest BCUT2D eigenvalue weighted by Gasteiger charge is 2.30. The minimum atomic E-state index is -0.0852. The van der Waals surface area contributed by atoms with Gasteiger partial charge in [-0.05, 0) is 38.0 Å². The lowest BCUT2D eigenvalue weighted by molar-refractivity contribution is 0.0176. The predicted molar refractivity (Wildman–Crippen MR) is 76.9 cm³/mol. The molecule has 1 aromatic carbocycles. The molecule has 0 spiro atoms. The number of amides is 1. The summed E-state index contributed by atoms with van der Waals surface area (Å²) in [6.45, 7) is 2.75. The average Bonchev–Trinajstić information content (AvgIpc) is 2.35. The van der Waals surface area contributed by atoms with Crippen molar-refractivity contribution < 1.29 is 9.53 Å². The third-order valence-electron chi connectivity index (χ3n) is 3.36. The summed E-state index contributed by atoms with van der Waals surface area (Å²) in [5.41, 5.74) is 1.40. The lowest BCUT2D eigenvalue weighted by Gasteiger charge is -2.34. The van der Waals surface area contributed by atoms with Crippen LogP contribution in [0.15, 0.2) is 18.2 Å². The molecule has 2 N–H and O–H groups in total. The molecule has 5 heteroatoms. The van der Waals surface area contributed by atoms with Gasteiger partial charge in [-0.15, -0.1) is 0 Å². The maximum Gasteiger partial charge on any atom is 0.253 e. The Kier molecular flexibility index (Phi) is 4.66. The lowest BCUT2D eigenvalue weighted by Crippen LogP contribution is -2.47. The van der Waals surface area contributed by atoms with Crippen LogP contribution in [0.2, 0.25) is 5.02 Å². The first-order valence-corrected chi connectivity index (χ1v) is 6.89. The van der Waals surface area contributed by atoms with Crippen molar-refractivity contribution in [3.8, 4) is 0 Å². The summed E-state index contributed by atoms with van der Waals surface area (Å²) >= 11 is 5.96. The Labute approximate surface area is 118 Å². The monoisotopic (exact) mass is 282 g/mol. The molecule has 0 aliphatic heterocycles. The fraction of sp³-hybridized carbons (Fsp3) is 0.500. The maximum absolute atomic E-state index is 12.2. The molecule has 0 aromatic heterocycles. The van der Waals surface area contributed by atoms with Crippen LogP contribution in [0.3, 0.4) is 0 Å².